The number of nitrogens with one attached hydrogen (secondary N) is 2. The largest absolute Gasteiger partial charge is 0.313 e. The van der Waals surface area contributed by atoms with E-state index >= 15 is 0 Å². The van der Waals surface area contributed by atoms with Gasteiger partial charge in [-0.05, 0) is 36.4 Å². The van der Waals surface area contributed by atoms with Crippen LogP contribution < -0.4 is 10.9 Å². The molecule has 106 valence electrons. The van der Waals surface area contributed by atoms with Gasteiger partial charge in [0.2, 0.25) is 0 Å². The van der Waals surface area contributed by atoms with Gasteiger partial charge >= 0.3 is 0 Å². The Kier molecular flexibility index (Phi) is 5.64. The van der Waals surface area contributed by atoms with E-state index in [0.717, 1.165) is 30.0 Å². The van der Waals surface area contributed by atoms with Crippen molar-refractivity contribution in [2.45, 2.75) is 29.9 Å². The van der Waals surface area contributed by atoms with Crippen LogP contribution in [0.2, 0.25) is 5.02 Å². The maximum Gasteiger partial charge on any atom is 0.251 e. The van der Waals surface area contributed by atoms with Crippen molar-refractivity contribution in [2.75, 3.05) is 6.54 Å². The minimum Gasteiger partial charge on any atom is -0.313 e. The number of aromatic amines is 1. The van der Waals surface area contributed by atoms with E-state index in [9.17, 15) is 4.79 Å². The van der Waals surface area contributed by atoms with E-state index in [1.54, 1.807) is 0 Å². The normalized spacial score (nSPS) is 10.7. The molecule has 0 aliphatic heterocycles. The zero-order valence-corrected chi connectivity index (χ0v) is 12.7. The quantitative estimate of drug-likeness (QED) is 0.636. The van der Waals surface area contributed by atoms with Crippen LogP contribution >= 0.6 is 23.4 Å². The number of aromatic nitrogens is 2. The number of rotatable bonds is 6. The van der Waals surface area contributed by atoms with Crippen LogP contribution in [0.4, 0.5) is 0 Å². The molecule has 1 aromatic carbocycles. The second-order valence-electron chi connectivity index (χ2n) is 4.25. The molecule has 0 aliphatic rings. The lowest BCUT2D eigenvalue weighted by molar-refractivity contribution is 0.669. The summed E-state index contributed by atoms with van der Waals surface area (Å²) in [7, 11) is 0. The Balaban J connectivity index is 2.23. The maximum atomic E-state index is 11.3. The van der Waals surface area contributed by atoms with Crippen molar-refractivity contribution in [2.24, 2.45) is 0 Å². The van der Waals surface area contributed by atoms with Gasteiger partial charge in [0.1, 0.15) is 0 Å². The number of hydrogen-bond acceptors (Lipinski definition) is 4. The highest BCUT2D eigenvalue weighted by Gasteiger charge is 2.10. The average Bonchev–Trinajstić information content (AvgIpc) is 2.43. The van der Waals surface area contributed by atoms with Crippen LogP contribution in [0.1, 0.15) is 18.9 Å². The molecule has 0 atom stereocenters. The van der Waals surface area contributed by atoms with Crippen molar-refractivity contribution < 1.29 is 0 Å². The summed E-state index contributed by atoms with van der Waals surface area (Å²) >= 11 is 7.64. The summed E-state index contributed by atoms with van der Waals surface area (Å²) in [6.07, 6.45) is 2.57. The van der Waals surface area contributed by atoms with Crippen molar-refractivity contribution in [1.29, 1.82) is 0 Å². The first kappa shape index (κ1) is 15.1. The minimum absolute atomic E-state index is 0.166. The molecule has 0 unspecified atom stereocenters. The Morgan fingerprint density at radius 3 is 3.00 bits per heavy atom. The lowest BCUT2D eigenvalue weighted by Gasteiger charge is -2.11. The lowest BCUT2D eigenvalue weighted by Crippen LogP contribution is -2.14. The summed E-state index contributed by atoms with van der Waals surface area (Å²) in [4.78, 5) is 19.1. The molecular weight excluding hydrogens is 294 g/mol. The standard InChI is InChI=1S/C14H16ClN3OS/c1-2-7-16-9-10-4-3-5-11(15)13(10)20-14-17-8-6-12(19)18-14/h3-6,8,16H,2,7,9H2,1H3,(H,17,18,19). The van der Waals surface area contributed by atoms with E-state index in [4.69, 9.17) is 11.6 Å². The van der Waals surface area contributed by atoms with Gasteiger partial charge in [-0.2, -0.15) is 0 Å². The van der Waals surface area contributed by atoms with Gasteiger partial charge in [0.25, 0.3) is 5.56 Å². The van der Waals surface area contributed by atoms with E-state index in [1.165, 1.54) is 24.0 Å². The fraction of sp³-hybridized carbons (Fsp3) is 0.286. The van der Waals surface area contributed by atoms with Crippen LogP contribution in [0.25, 0.3) is 0 Å². The molecule has 0 saturated carbocycles. The van der Waals surface area contributed by atoms with Crippen LogP contribution in [-0.4, -0.2) is 16.5 Å². The molecule has 2 aromatic rings. The van der Waals surface area contributed by atoms with Crippen molar-refractivity contribution in [3.05, 3.63) is 51.4 Å². The Morgan fingerprint density at radius 2 is 2.25 bits per heavy atom. The van der Waals surface area contributed by atoms with Gasteiger partial charge in [0.15, 0.2) is 5.16 Å². The molecule has 1 aromatic heterocycles. The molecule has 0 spiro atoms. The maximum absolute atomic E-state index is 11.3. The van der Waals surface area contributed by atoms with Gasteiger partial charge < -0.3 is 10.3 Å². The first-order valence-electron chi connectivity index (χ1n) is 6.42. The van der Waals surface area contributed by atoms with E-state index in [0.29, 0.717) is 10.2 Å². The second-order valence-corrected chi connectivity index (χ2v) is 5.65. The SMILES string of the molecule is CCCNCc1cccc(Cl)c1Sc1nccc(=O)[nH]1. The third-order valence-electron chi connectivity index (χ3n) is 2.64. The first-order valence-corrected chi connectivity index (χ1v) is 7.61. The van der Waals surface area contributed by atoms with Crippen LogP contribution in [0.5, 0.6) is 0 Å². The minimum atomic E-state index is -0.166. The molecule has 0 fully saturated rings. The molecule has 6 heteroatoms. The average molecular weight is 310 g/mol. The van der Waals surface area contributed by atoms with Gasteiger partial charge in [-0.25, -0.2) is 4.98 Å². The number of H-pyrrole nitrogens is 1. The summed E-state index contributed by atoms with van der Waals surface area (Å²) in [5.41, 5.74) is 0.933. The zero-order chi connectivity index (χ0) is 14.4. The fourth-order valence-electron chi connectivity index (χ4n) is 1.71. The Morgan fingerprint density at radius 1 is 1.40 bits per heavy atom. The van der Waals surface area contributed by atoms with Crippen LogP contribution in [0.15, 0.2) is 45.3 Å². The lowest BCUT2D eigenvalue weighted by atomic mass is 10.2. The molecule has 2 rings (SSSR count). The highest BCUT2D eigenvalue weighted by molar-refractivity contribution is 7.99. The highest BCUT2D eigenvalue weighted by atomic mass is 35.5. The molecule has 0 aliphatic carbocycles. The smallest absolute Gasteiger partial charge is 0.251 e. The molecule has 20 heavy (non-hydrogen) atoms. The molecule has 0 saturated heterocycles. The summed E-state index contributed by atoms with van der Waals surface area (Å²) < 4.78 is 0. The van der Waals surface area contributed by atoms with Gasteiger partial charge in [0, 0.05) is 23.7 Å². The summed E-state index contributed by atoms with van der Waals surface area (Å²) in [6, 6.07) is 7.18. The van der Waals surface area contributed by atoms with Crippen LogP contribution in [0, 0.1) is 0 Å². The van der Waals surface area contributed by atoms with E-state index in [2.05, 4.69) is 22.2 Å². The molecule has 1 heterocycles. The molecular formula is C14H16ClN3OS. The fourth-order valence-corrected chi connectivity index (χ4v) is 2.91. The summed E-state index contributed by atoms with van der Waals surface area (Å²) in [5.74, 6) is 0. The Bertz CT molecular complexity index is 630. The number of hydrogen-bond donors (Lipinski definition) is 2. The molecule has 2 N–H and O–H groups in total. The van der Waals surface area contributed by atoms with Crippen LogP contribution in [-0.2, 0) is 6.54 Å². The highest BCUT2D eigenvalue weighted by Crippen LogP contribution is 2.33. The third kappa shape index (κ3) is 4.10. The number of nitrogens with zero attached hydrogens (tertiary/aromatic N) is 1. The van der Waals surface area contributed by atoms with E-state index in [1.807, 2.05) is 18.2 Å². The van der Waals surface area contributed by atoms with Gasteiger partial charge in [-0.1, -0.05) is 30.7 Å². The molecule has 0 radical (unpaired) electrons. The van der Waals surface area contributed by atoms with Crippen molar-refractivity contribution in [3.8, 4) is 0 Å². The van der Waals surface area contributed by atoms with Crippen molar-refractivity contribution in [1.82, 2.24) is 15.3 Å². The van der Waals surface area contributed by atoms with Crippen LogP contribution in [0.3, 0.4) is 0 Å². The Labute approximate surface area is 127 Å². The monoisotopic (exact) mass is 309 g/mol. The molecule has 0 amide bonds. The summed E-state index contributed by atoms with van der Waals surface area (Å²) in [6.45, 7) is 3.82. The number of benzene rings is 1. The zero-order valence-electron chi connectivity index (χ0n) is 11.1. The van der Waals surface area contributed by atoms with Gasteiger partial charge in [-0.15, -0.1) is 0 Å². The van der Waals surface area contributed by atoms with Gasteiger partial charge in [0.05, 0.1) is 5.02 Å². The van der Waals surface area contributed by atoms with E-state index in [-0.39, 0.29) is 5.56 Å². The molecule has 4 nitrogen and oxygen atoms in total. The van der Waals surface area contributed by atoms with E-state index < -0.39 is 0 Å². The van der Waals surface area contributed by atoms with Gasteiger partial charge in [-0.3, -0.25) is 4.79 Å². The second kappa shape index (κ2) is 7.47. The topological polar surface area (TPSA) is 57.8 Å². The molecule has 0 bridgehead atoms. The predicted molar refractivity (Wildman–Crippen MR) is 82.4 cm³/mol. The van der Waals surface area contributed by atoms with Crippen molar-refractivity contribution in [3.63, 3.8) is 0 Å². The Hall–Kier alpha value is -1.30. The first-order chi connectivity index (χ1) is 9.70. The summed E-state index contributed by atoms with van der Waals surface area (Å²) in [5, 5.41) is 4.56. The predicted octanol–water partition coefficient (Wildman–Crippen LogP) is 3.07. The number of halogens is 1. The third-order valence-corrected chi connectivity index (χ3v) is 4.15. The van der Waals surface area contributed by atoms with Crippen molar-refractivity contribution >= 4 is 23.4 Å².